The molecule has 0 saturated heterocycles. The fourth-order valence-electron chi connectivity index (χ4n) is 4.00. The molecule has 4 rings (SSSR count). The molecule has 0 saturated carbocycles. The predicted octanol–water partition coefficient (Wildman–Crippen LogP) is 4.62. The lowest BCUT2D eigenvalue weighted by Gasteiger charge is -2.25. The van der Waals surface area contributed by atoms with Crippen molar-refractivity contribution in [1.29, 1.82) is 0 Å². The van der Waals surface area contributed by atoms with Crippen molar-refractivity contribution in [2.75, 3.05) is 10.8 Å². The van der Waals surface area contributed by atoms with Crippen molar-refractivity contribution in [3.05, 3.63) is 83.8 Å². The third kappa shape index (κ3) is 4.75. The van der Waals surface area contributed by atoms with Crippen LogP contribution in [0.1, 0.15) is 28.6 Å². The number of hydrogen-bond acceptors (Lipinski definition) is 4. The summed E-state index contributed by atoms with van der Waals surface area (Å²) < 4.78 is 72.7. The lowest BCUT2D eigenvalue weighted by atomic mass is 10.1. The maximum absolute atomic E-state index is 13.4. The molecule has 1 unspecified atom stereocenters. The van der Waals surface area contributed by atoms with Gasteiger partial charge >= 0.3 is 6.18 Å². The molecule has 3 aromatic rings. The number of rotatable bonds is 6. The first-order valence-corrected chi connectivity index (χ1v) is 11.6. The summed E-state index contributed by atoms with van der Waals surface area (Å²) in [6.45, 7) is -0.125. The van der Waals surface area contributed by atoms with E-state index in [9.17, 15) is 26.4 Å². The van der Waals surface area contributed by atoms with Crippen LogP contribution in [0.4, 0.5) is 18.9 Å². The highest BCUT2D eigenvalue weighted by atomic mass is 32.2. The second-order valence-corrected chi connectivity index (χ2v) is 9.68. The molecule has 1 atom stereocenters. The Labute approximate surface area is 189 Å². The van der Waals surface area contributed by atoms with E-state index >= 15 is 0 Å². The van der Waals surface area contributed by atoms with Crippen molar-refractivity contribution >= 4 is 21.6 Å². The smallest absolute Gasteiger partial charge is 0.406 e. The summed E-state index contributed by atoms with van der Waals surface area (Å²) in [5.74, 6) is -0.769. The minimum absolute atomic E-state index is 0.160. The van der Waals surface area contributed by atoms with Crippen LogP contribution in [0, 0.1) is 0 Å². The fourth-order valence-corrected chi connectivity index (χ4v) is 5.73. The predicted molar refractivity (Wildman–Crippen MR) is 115 cm³/mol. The average Bonchev–Trinajstić information content (AvgIpc) is 3.38. The molecular weight excluding hydrogens is 457 g/mol. The third-order valence-corrected chi connectivity index (χ3v) is 7.29. The molecule has 2 heterocycles. The Kier molecular flexibility index (Phi) is 5.96. The van der Waals surface area contributed by atoms with Gasteiger partial charge in [-0.3, -0.25) is 9.10 Å². The molecule has 10 heteroatoms. The molecule has 0 bridgehead atoms. The molecule has 174 valence electrons. The van der Waals surface area contributed by atoms with Crippen LogP contribution < -0.4 is 4.31 Å². The van der Waals surface area contributed by atoms with Crippen LogP contribution >= 0.6 is 0 Å². The molecule has 1 aromatic heterocycles. The molecule has 1 aliphatic rings. The molecule has 6 nitrogen and oxygen atoms in total. The van der Waals surface area contributed by atoms with Gasteiger partial charge in [-0.2, -0.15) is 13.2 Å². The summed E-state index contributed by atoms with van der Waals surface area (Å²) in [4.78, 5) is 13.4. The lowest BCUT2D eigenvalue weighted by molar-refractivity contribution is -0.142. The number of amides is 1. The molecule has 1 amide bonds. The molecule has 0 fully saturated rings. The summed E-state index contributed by atoms with van der Waals surface area (Å²) in [6.07, 6.45) is -2.80. The van der Waals surface area contributed by atoms with Gasteiger partial charge in [0.2, 0.25) is 0 Å². The van der Waals surface area contributed by atoms with Crippen LogP contribution in [0.2, 0.25) is 0 Å². The second-order valence-electron chi connectivity index (χ2n) is 7.87. The van der Waals surface area contributed by atoms with E-state index in [1.807, 2.05) is 12.1 Å². The van der Waals surface area contributed by atoms with E-state index in [1.54, 1.807) is 19.1 Å². The molecule has 0 radical (unpaired) electrons. The minimum Gasteiger partial charge on any atom is -0.467 e. The topological polar surface area (TPSA) is 70.8 Å². The molecule has 1 aliphatic heterocycles. The maximum atomic E-state index is 13.4. The summed E-state index contributed by atoms with van der Waals surface area (Å²) in [5, 5.41) is 0. The Hall–Kier alpha value is -3.27. The van der Waals surface area contributed by atoms with Gasteiger partial charge in [0.15, 0.2) is 0 Å². The van der Waals surface area contributed by atoms with Crippen LogP contribution in [0.25, 0.3) is 0 Å². The van der Waals surface area contributed by atoms with Crippen molar-refractivity contribution in [1.82, 2.24) is 4.90 Å². The van der Waals surface area contributed by atoms with E-state index in [-0.39, 0.29) is 22.3 Å². The highest BCUT2D eigenvalue weighted by Crippen LogP contribution is 2.36. The van der Waals surface area contributed by atoms with Gasteiger partial charge < -0.3 is 9.32 Å². The number of anilines is 1. The monoisotopic (exact) mass is 478 g/mol. The number of furan rings is 1. The van der Waals surface area contributed by atoms with Crippen LogP contribution in [0.5, 0.6) is 0 Å². The quantitative estimate of drug-likeness (QED) is 0.518. The SMILES string of the molecule is CC1Cc2ccccc2N1S(=O)(=O)c1cccc(C(=O)N(Cc2ccco2)CC(F)(F)F)c1. The first kappa shape index (κ1) is 22.9. The number of carbonyl (C=O) groups is 1. The van der Waals surface area contributed by atoms with E-state index in [2.05, 4.69) is 0 Å². The number of alkyl halides is 3. The molecule has 33 heavy (non-hydrogen) atoms. The van der Waals surface area contributed by atoms with Crippen LogP contribution in [-0.2, 0) is 23.0 Å². The number of halogens is 3. The number of hydrogen-bond donors (Lipinski definition) is 0. The average molecular weight is 478 g/mol. The van der Waals surface area contributed by atoms with E-state index in [4.69, 9.17) is 4.42 Å². The van der Waals surface area contributed by atoms with Gasteiger partial charge in [0, 0.05) is 11.6 Å². The summed E-state index contributed by atoms with van der Waals surface area (Å²) >= 11 is 0. The Bertz CT molecular complexity index is 1260. The van der Waals surface area contributed by atoms with Crippen molar-refractivity contribution < 1.29 is 30.8 Å². The van der Waals surface area contributed by atoms with Gasteiger partial charge in [-0.05, 0) is 55.3 Å². The van der Waals surface area contributed by atoms with Gasteiger partial charge in [-0.25, -0.2) is 8.42 Å². The van der Waals surface area contributed by atoms with E-state index in [0.29, 0.717) is 17.0 Å². The number of para-hydroxylation sites is 1. The molecule has 2 aromatic carbocycles. The van der Waals surface area contributed by atoms with Crippen molar-refractivity contribution in [2.24, 2.45) is 0 Å². The lowest BCUT2D eigenvalue weighted by Crippen LogP contribution is -2.39. The number of sulfonamides is 1. The van der Waals surface area contributed by atoms with Gasteiger partial charge in [0.1, 0.15) is 12.3 Å². The maximum Gasteiger partial charge on any atom is 0.406 e. The van der Waals surface area contributed by atoms with Gasteiger partial charge in [0.05, 0.1) is 23.4 Å². The zero-order valence-corrected chi connectivity index (χ0v) is 18.4. The van der Waals surface area contributed by atoms with Crippen molar-refractivity contribution in [3.63, 3.8) is 0 Å². The highest BCUT2D eigenvalue weighted by Gasteiger charge is 2.37. The van der Waals surface area contributed by atoms with Crippen LogP contribution in [-0.4, -0.2) is 38.0 Å². The van der Waals surface area contributed by atoms with Crippen molar-refractivity contribution in [2.45, 2.75) is 37.0 Å². The van der Waals surface area contributed by atoms with E-state index in [1.165, 1.54) is 40.9 Å². The molecular formula is C23H21F3N2O4S. The van der Waals surface area contributed by atoms with E-state index < -0.39 is 35.2 Å². The zero-order chi connectivity index (χ0) is 23.8. The Morgan fingerprint density at radius 2 is 1.88 bits per heavy atom. The summed E-state index contributed by atoms with van der Waals surface area (Å²) in [6, 6.07) is 14.9. The fraction of sp³-hybridized carbons (Fsp3) is 0.261. The van der Waals surface area contributed by atoms with E-state index in [0.717, 1.165) is 11.6 Å². The van der Waals surface area contributed by atoms with Crippen LogP contribution in [0.15, 0.2) is 76.2 Å². The zero-order valence-electron chi connectivity index (χ0n) is 17.6. The minimum atomic E-state index is -4.64. The normalized spacial score (nSPS) is 16.0. The Balaban J connectivity index is 1.67. The second kappa shape index (κ2) is 8.58. The Morgan fingerprint density at radius 1 is 1.12 bits per heavy atom. The number of nitrogens with zero attached hydrogens (tertiary/aromatic N) is 2. The molecule has 0 N–H and O–H groups in total. The standard InChI is InChI=1S/C23H21F3N2O4S/c1-16-12-17-6-2-3-10-21(17)28(16)33(30,31)20-9-4-7-18(13-20)22(29)27(15-23(24,25)26)14-19-8-5-11-32-19/h2-11,13,16H,12,14-15H2,1H3. The first-order valence-electron chi connectivity index (χ1n) is 10.2. The molecule has 0 aliphatic carbocycles. The van der Waals surface area contributed by atoms with Crippen LogP contribution in [0.3, 0.4) is 0 Å². The first-order chi connectivity index (χ1) is 15.6. The number of fused-ring (bicyclic) bond motifs is 1. The summed E-state index contributed by atoms with van der Waals surface area (Å²) in [5.41, 5.74) is 1.28. The van der Waals surface area contributed by atoms with Gasteiger partial charge in [0.25, 0.3) is 15.9 Å². The highest BCUT2D eigenvalue weighted by molar-refractivity contribution is 7.92. The number of carbonyl (C=O) groups excluding carboxylic acids is 1. The summed E-state index contributed by atoms with van der Waals surface area (Å²) in [7, 11) is -4.05. The van der Waals surface area contributed by atoms with Gasteiger partial charge in [-0.1, -0.05) is 24.3 Å². The number of benzene rings is 2. The molecule has 0 spiro atoms. The Morgan fingerprint density at radius 3 is 2.58 bits per heavy atom. The van der Waals surface area contributed by atoms with Crippen molar-refractivity contribution in [3.8, 4) is 0 Å². The van der Waals surface area contributed by atoms with Gasteiger partial charge in [-0.15, -0.1) is 0 Å². The third-order valence-electron chi connectivity index (χ3n) is 5.37. The largest absolute Gasteiger partial charge is 0.467 e.